The second kappa shape index (κ2) is 8.21. The average molecular weight is 349 g/mol. The summed E-state index contributed by atoms with van der Waals surface area (Å²) in [4.78, 5) is 11.0. The van der Waals surface area contributed by atoms with Gasteiger partial charge in [0, 0.05) is 0 Å². The van der Waals surface area contributed by atoms with E-state index in [1.165, 1.54) is 12.1 Å². The van der Waals surface area contributed by atoms with E-state index in [0.717, 1.165) is 5.56 Å². The molecular weight excluding hydrogens is 332 g/mol. The fourth-order valence-electron chi connectivity index (χ4n) is 1.98. The summed E-state index contributed by atoms with van der Waals surface area (Å²) >= 11 is 5.82. The summed E-state index contributed by atoms with van der Waals surface area (Å²) in [6.45, 7) is 2.45. The molecule has 0 saturated carbocycles. The predicted octanol–water partition coefficient (Wildman–Crippen LogP) is 3.89. The Morgan fingerprint density at radius 1 is 1.29 bits per heavy atom. The van der Waals surface area contributed by atoms with Gasteiger partial charge >= 0.3 is 5.97 Å². The first kappa shape index (κ1) is 17.6. The highest BCUT2D eigenvalue weighted by atomic mass is 35.5. The van der Waals surface area contributed by atoms with Gasteiger partial charge in [0.15, 0.2) is 11.5 Å². The predicted molar refractivity (Wildman–Crippen MR) is 93.8 cm³/mol. The van der Waals surface area contributed by atoms with Crippen molar-refractivity contribution in [3.63, 3.8) is 0 Å². The first-order chi connectivity index (χ1) is 11.5. The molecule has 0 aliphatic rings. The molecule has 126 valence electrons. The normalized spacial score (nSPS) is 10.6. The number of halogens is 1. The maximum atomic E-state index is 11.0. The van der Waals surface area contributed by atoms with Crippen LogP contribution in [0, 0.1) is 0 Å². The van der Waals surface area contributed by atoms with Gasteiger partial charge in [-0.1, -0.05) is 11.6 Å². The molecule has 0 saturated heterocycles. The van der Waals surface area contributed by atoms with Crippen molar-refractivity contribution in [2.75, 3.05) is 19.1 Å². The van der Waals surface area contributed by atoms with Crippen molar-refractivity contribution >= 4 is 29.5 Å². The number of benzene rings is 2. The molecule has 0 atom stereocenters. The van der Waals surface area contributed by atoms with E-state index >= 15 is 0 Å². The van der Waals surface area contributed by atoms with Gasteiger partial charge in [-0.25, -0.2) is 4.79 Å². The third kappa shape index (κ3) is 4.39. The van der Waals surface area contributed by atoms with Crippen molar-refractivity contribution in [2.45, 2.75) is 6.92 Å². The highest BCUT2D eigenvalue weighted by Crippen LogP contribution is 2.27. The van der Waals surface area contributed by atoms with Crippen molar-refractivity contribution in [2.24, 2.45) is 5.10 Å². The molecule has 7 heteroatoms. The highest BCUT2D eigenvalue weighted by Gasteiger charge is 2.09. The maximum absolute atomic E-state index is 11.0. The van der Waals surface area contributed by atoms with Gasteiger partial charge in [-0.2, -0.15) is 5.10 Å². The van der Waals surface area contributed by atoms with E-state index in [1.807, 2.05) is 13.0 Å². The average Bonchev–Trinajstić information content (AvgIpc) is 2.57. The largest absolute Gasteiger partial charge is 0.493 e. The number of hydrogen-bond donors (Lipinski definition) is 2. The summed E-state index contributed by atoms with van der Waals surface area (Å²) in [6, 6.07) is 9.99. The summed E-state index contributed by atoms with van der Waals surface area (Å²) in [5.41, 5.74) is 4.10. The molecule has 2 aromatic rings. The second-order valence-electron chi connectivity index (χ2n) is 4.71. The van der Waals surface area contributed by atoms with Crippen molar-refractivity contribution in [1.29, 1.82) is 0 Å². The van der Waals surface area contributed by atoms with E-state index in [4.69, 9.17) is 26.2 Å². The number of carboxylic acid groups (broad SMARTS) is 1. The Hall–Kier alpha value is -2.73. The van der Waals surface area contributed by atoms with Crippen LogP contribution in [-0.4, -0.2) is 31.0 Å². The second-order valence-corrected chi connectivity index (χ2v) is 5.12. The quantitative estimate of drug-likeness (QED) is 0.586. The monoisotopic (exact) mass is 348 g/mol. The van der Waals surface area contributed by atoms with E-state index < -0.39 is 5.97 Å². The SMILES string of the molecule is CCOc1ccc(/C=N/Nc2ccc(Cl)c(C(=O)O)c2)cc1OC. The summed E-state index contributed by atoms with van der Waals surface area (Å²) < 4.78 is 10.7. The fraction of sp³-hybridized carbons (Fsp3) is 0.176. The van der Waals surface area contributed by atoms with Gasteiger partial charge in [0.2, 0.25) is 0 Å². The van der Waals surface area contributed by atoms with Crippen molar-refractivity contribution in [1.82, 2.24) is 0 Å². The zero-order chi connectivity index (χ0) is 17.5. The van der Waals surface area contributed by atoms with E-state index in [2.05, 4.69) is 10.5 Å². The molecule has 2 aromatic carbocycles. The molecule has 2 N–H and O–H groups in total. The molecule has 0 aliphatic heterocycles. The number of nitrogens with zero attached hydrogens (tertiary/aromatic N) is 1. The summed E-state index contributed by atoms with van der Waals surface area (Å²) in [5.74, 6) is 0.179. The van der Waals surface area contributed by atoms with Crippen molar-refractivity contribution in [3.8, 4) is 11.5 Å². The van der Waals surface area contributed by atoms with Crippen molar-refractivity contribution in [3.05, 3.63) is 52.5 Å². The van der Waals surface area contributed by atoms with Gasteiger partial charge in [-0.3, -0.25) is 5.43 Å². The number of rotatable bonds is 7. The lowest BCUT2D eigenvalue weighted by Crippen LogP contribution is -1.99. The Labute approximate surface area is 144 Å². The third-order valence-corrected chi connectivity index (χ3v) is 3.42. The number of hydrazone groups is 1. The molecule has 0 spiro atoms. The molecule has 24 heavy (non-hydrogen) atoms. The lowest BCUT2D eigenvalue weighted by Gasteiger charge is -2.09. The molecule has 2 rings (SSSR count). The van der Waals surface area contributed by atoms with Crippen LogP contribution in [0.5, 0.6) is 11.5 Å². The Balaban J connectivity index is 2.12. The molecular formula is C17H17ClN2O4. The Bertz CT molecular complexity index is 762. The molecule has 0 aromatic heterocycles. The molecule has 6 nitrogen and oxygen atoms in total. The Kier molecular flexibility index (Phi) is 6.03. The van der Waals surface area contributed by atoms with Crippen LogP contribution in [0.25, 0.3) is 0 Å². The molecule has 0 fully saturated rings. The van der Waals surface area contributed by atoms with E-state index in [-0.39, 0.29) is 10.6 Å². The number of carbonyl (C=O) groups is 1. The number of hydrogen-bond acceptors (Lipinski definition) is 5. The molecule has 0 bridgehead atoms. The van der Waals surface area contributed by atoms with Crippen LogP contribution in [0.1, 0.15) is 22.8 Å². The minimum absolute atomic E-state index is 0.0135. The molecule has 0 heterocycles. The molecule has 0 aliphatic carbocycles. The standard InChI is InChI=1S/C17H17ClN2O4/c1-3-24-15-7-4-11(8-16(15)23-2)10-19-20-12-5-6-14(18)13(9-12)17(21)22/h4-10,20H,3H2,1-2H3,(H,21,22)/b19-10+. The number of nitrogens with one attached hydrogen (secondary N) is 1. The van der Waals surface area contributed by atoms with E-state index in [1.54, 1.807) is 31.5 Å². The van der Waals surface area contributed by atoms with Gasteiger partial charge in [0.1, 0.15) is 0 Å². The fourth-order valence-corrected chi connectivity index (χ4v) is 2.18. The van der Waals surface area contributed by atoms with Gasteiger partial charge in [-0.15, -0.1) is 0 Å². The minimum atomic E-state index is -1.09. The van der Waals surface area contributed by atoms with Crippen LogP contribution in [0.2, 0.25) is 5.02 Å². The topological polar surface area (TPSA) is 80.2 Å². The zero-order valence-corrected chi connectivity index (χ0v) is 14.0. The Morgan fingerprint density at radius 3 is 2.75 bits per heavy atom. The third-order valence-electron chi connectivity index (χ3n) is 3.09. The summed E-state index contributed by atoms with van der Waals surface area (Å²) in [6.07, 6.45) is 1.59. The molecule has 0 amide bonds. The maximum Gasteiger partial charge on any atom is 0.337 e. The highest BCUT2D eigenvalue weighted by molar-refractivity contribution is 6.33. The van der Waals surface area contributed by atoms with Crippen LogP contribution in [0.3, 0.4) is 0 Å². The van der Waals surface area contributed by atoms with Gasteiger partial charge in [-0.05, 0) is 48.9 Å². The number of ether oxygens (including phenoxy) is 2. The van der Waals surface area contributed by atoms with Crippen LogP contribution in [0.4, 0.5) is 5.69 Å². The number of methoxy groups -OCH3 is 1. The van der Waals surface area contributed by atoms with E-state index in [9.17, 15) is 4.79 Å². The first-order valence-corrected chi connectivity index (χ1v) is 7.55. The first-order valence-electron chi connectivity index (χ1n) is 7.18. The number of carboxylic acids is 1. The van der Waals surface area contributed by atoms with E-state index in [0.29, 0.717) is 23.8 Å². The van der Waals surface area contributed by atoms with Crippen molar-refractivity contribution < 1.29 is 19.4 Å². The van der Waals surface area contributed by atoms with Crippen LogP contribution < -0.4 is 14.9 Å². The lowest BCUT2D eigenvalue weighted by molar-refractivity contribution is 0.0697. The molecule has 0 unspecified atom stereocenters. The lowest BCUT2D eigenvalue weighted by atomic mass is 10.2. The summed E-state index contributed by atoms with van der Waals surface area (Å²) in [7, 11) is 1.57. The van der Waals surface area contributed by atoms with Crippen LogP contribution >= 0.6 is 11.6 Å². The molecule has 0 radical (unpaired) electrons. The smallest absolute Gasteiger partial charge is 0.337 e. The van der Waals surface area contributed by atoms with Gasteiger partial charge in [0.05, 0.1) is 36.2 Å². The Morgan fingerprint density at radius 2 is 2.08 bits per heavy atom. The van der Waals surface area contributed by atoms with Gasteiger partial charge in [0.25, 0.3) is 0 Å². The van der Waals surface area contributed by atoms with Gasteiger partial charge < -0.3 is 14.6 Å². The minimum Gasteiger partial charge on any atom is -0.493 e. The number of aromatic carboxylic acids is 1. The number of anilines is 1. The summed E-state index contributed by atoms with van der Waals surface area (Å²) in [5, 5.41) is 13.3. The van der Waals surface area contributed by atoms with Crippen LogP contribution in [-0.2, 0) is 0 Å². The zero-order valence-electron chi connectivity index (χ0n) is 13.2. The van der Waals surface area contributed by atoms with Crippen LogP contribution in [0.15, 0.2) is 41.5 Å².